The molecule has 1 N–H and O–H groups in total. The predicted octanol–water partition coefficient (Wildman–Crippen LogP) is 2.55. The van der Waals surface area contributed by atoms with Gasteiger partial charge in [0.2, 0.25) is 0 Å². The summed E-state index contributed by atoms with van der Waals surface area (Å²) < 4.78 is 0. The molecule has 17 heavy (non-hydrogen) atoms. The van der Waals surface area contributed by atoms with E-state index in [1.54, 1.807) is 5.01 Å². The van der Waals surface area contributed by atoms with E-state index in [2.05, 4.69) is 5.10 Å². The summed E-state index contributed by atoms with van der Waals surface area (Å²) in [5, 5.41) is 16.3. The lowest BCUT2D eigenvalue weighted by molar-refractivity contribution is 0.0744. The first-order valence-electron chi connectivity index (χ1n) is 5.50. The van der Waals surface area contributed by atoms with E-state index in [0.29, 0.717) is 0 Å². The maximum Gasteiger partial charge on any atom is 0.101 e. The fourth-order valence-corrected chi connectivity index (χ4v) is 1.54. The van der Waals surface area contributed by atoms with Gasteiger partial charge in [0, 0.05) is 12.8 Å². The third-order valence-electron chi connectivity index (χ3n) is 2.55. The molecule has 0 aromatic heterocycles. The maximum atomic E-state index is 10.2. The molecule has 4 heteroatoms. The summed E-state index contributed by atoms with van der Waals surface area (Å²) in [4.78, 5) is 0. The lowest BCUT2D eigenvalue weighted by Crippen LogP contribution is -2.31. The molecule has 96 valence electrons. The van der Waals surface area contributed by atoms with Crippen molar-refractivity contribution in [3.05, 3.63) is 35.9 Å². The molecular formula is C13H22N2OS. The molecule has 2 atom stereocenters. The molecule has 0 aliphatic rings. The summed E-state index contributed by atoms with van der Waals surface area (Å²) in [7, 11) is 1.88. The summed E-state index contributed by atoms with van der Waals surface area (Å²) in [5.41, 5.74) is 1.90. The smallest absolute Gasteiger partial charge is 0.101 e. The summed E-state index contributed by atoms with van der Waals surface area (Å²) >= 11 is 0. The number of hydrazone groups is 1. The van der Waals surface area contributed by atoms with Gasteiger partial charge in [0.05, 0.1) is 6.04 Å². The van der Waals surface area contributed by atoms with Crippen molar-refractivity contribution in [2.45, 2.75) is 32.9 Å². The van der Waals surface area contributed by atoms with Crippen LogP contribution in [-0.2, 0) is 0 Å². The SMILES string of the molecule is CC(C)=NN(C)[C@H](C)[C@@H](O)c1ccccc1.S. The normalized spacial score (nSPS) is 13.2. The van der Waals surface area contributed by atoms with Gasteiger partial charge in [0.25, 0.3) is 0 Å². The van der Waals surface area contributed by atoms with Gasteiger partial charge < -0.3 is 5.11 Å². The van der Waals surface area contributed by atoms with E-state index in [4.69, 9.17) is 0 Å². The molecule has 0 fully saturated rings. The molecule has 0 aliphatic carbocycles. The Morgan fingerprint density at radius 3 is 2.24 bits per heavy atom. The minimum atomic E-state index is -0.519. The zero-order chi connectivity index (χ0) is 12.1. The zero-order valence-electron chi connectivity index (χ0n) is 10.9. The highest BCUT2D eigenvalue weighted by molar-refractivity contribution is 7.59. The van der Waals surface area contributed by atoms with Crippen molar-refractivity contribution in [3.8, 4) is 0 Å². The van der Waals surface area contributed by atoms with Crippen LogP contribution in [-0.4, -0.2) is 28.9 Å². The van der Waals surface area contributed by atoms with E-state index in [1.165, 1.54) is 0 Å². The first kappa shape index (κ1) is 16.0. The molecule has 0 saturated carbocycles. The van der Waals surface area contributed by atoms with Gasteiger partial charge in [-0.3, -0.25) is 5.01 Å². The molecule has 0 amide bonds. The van der Waals surface area contributed by atoms with Gasteiger partial charge >= 0.3 is 0 Å². The summed E-state index contributed by atoms with van der Waals surface area (Å²) in [6.07, 6.45) is -0.519. The molecule has 0 saturated heterocycles. The Morgan fingerprint density at radius 1 is 1.24 bits per heavy atom. The Hall–Kier alpha value is -1.00. The first-order chi connectivity index (χ1) is 7.52. The van der Waals surface area contributed by atoms with Crippen LogP contribution in [0.25, 0.3) is 0 Å². The average Bonchev–Trinajstić information content (AvgIpc) is 2.27. The van der Waals surface area contributed by atoms with Gasteiger partial charge in [-0.25, -0.2) is 0 Å². The van der Waals surface area contributed by atoms with Gasteiger partial charge in [-0.1, -0.05) is 30.3 Å². The van der Waals surface area contributed by atoms with Crippen LogP contribution in [0.3, 0.4) is 0 Å². The molecule has 0 heterocycles. The van der Waals surface area contributed by atoms with Gasteiger partial charge in [-0.15, -0.1) is 0 Å². The largest absolute Gasteiger partial charge is 0.386 e. The minimum Gasteiger partial charge on any atom is -0.386 e. The van der Waals surface area contributed by atoms with Crippen LogP contribution in [0.2, 0.25) is 0 Å². The summed E-state index contributed by atoms with van der Waals surface area (Å²) in [6.45, 7) is 5.85. The second kappa shape index (κ2) is 7.35. The number of nitrogens with zero attached hydrogens (tertiary/aromatic N) is 2. The molecule has 0 radical (unpaired) electrons. The van der Waals surface area contributed by atoms with Crippen LogP contribution in [0.5, 0.6) is 0 Å². The van der Waals surface area contributed by atoms with Crippen molar-refractivity contribution < 1.29 is 5.11 Å². The Labute approximate surface area is 111 Å². The summed E-state index contributed by atoms with van der Waals surface area (Å²) in [5.74, 6) is 0. The third-order valence-corrected chi connectivity index (χ3v) is 2.55. The van der Waals surface area contributed by atoms with Crippen LogP contribution in [0.15, 0.2) is 35.4 Å². The van der Waals surface area contributed by atoms with Crippen LogP contribution < -0.4 is 0 Å². The van der Waals surface area contributed by atoms with Gasteiger partial charge in [-0.05, 0) is 26.3 Å². The van der Waals surface area contributed by atoms with Gasteiger partial charge in [-0.2, -0.15) is 18.6 Å². The topological polar surface area (TPSA) is 35.8 Å². The molecule has 0 unspecified atom stereocenters. The van der Waals surface area contributed by atoms with E-state index < -0.39 is 6.10 Å². The van der Waals surface area contributed by atoms with E-state index in [0.717, 1.165) is 11.3 Å². The quantitative estimate of drug-likeness (QED) is 0.662. The predicted molar refractivity (Wildman–Crippen MR) is 77.8 cm³/mol. The first-order valence-corrected chi connectivity index (χ1v) is 5.50. The average molecular weight is 254 g/mol. The maximum absolute atomic E-state index is 10.2. The Morgan fingerprint density at radius 2 is 1.76 bits per heavy atom. The van der Waals surface area contributed by atoms with Crippen molar-refractivity contribution in [1.82, 2.24) is 5.01 Å². The second-order valence-electron chi connectivity index (χ2n) is 4.22. The van der Waals surface area contributed by atoms with Crippen molar-refractivity contribution in [2.24, 2.45) is 5.10 Å². The highest BCUT2D eigenvalue weighted by Gasteiger charge is 2.19. The standard InChI is InChI=1S/C13H20N2O.H2S/c1-10(2)14-15(4)11(3)13(16)12-8-6-5-7-9-12;/h5-9,11,13,16H,1-4H3;1H2/t11-,13-;/m1./s1. The van der Waals surface area contributed by atoms with Crippen molar-refractivity contribution in [3.63, 3.8) is 0 Å². The van der Waals surface area contributed by atoms with E-state index >= 15 is 0 Å². The molecule has 0 bridgehead atoms. The Balaban J connectivity index is 0.00000256. The van der Waals surface area contributed by atoms with E-state index in [-0.39, 0.29) is 19.5 Å². The van der Waals surface area contributed by atoms with E-state index in [9.17, 15) is 5.11 Å². The molecule has 1 aromatic carbocycles. The highest BCUT2D eigenvalue weighted by Crippen LogP contribution is 2.19. The Bertz CT molecular complexity index is 350. The number of aliphatic hydroxyl groups is 1. The second-order valence-corrected chi connectivity index (χ2v) is 4.22. The summed E-state index contributed by atoms with van der Waals surface area (Å²) in [6, 6.07) is 9.62. The van der Waals surface area contributed by atoms with Crippen molar-refractivity contribution in [2.75, 3.05) is 7.05 Å². The van der Waals surface area contributed by atoms with Crippen LogP contribution in [0.4, 0.5) is 0 Å². The monoisotopic (exact) mass is 254 g/mol. The van der Waals surface area contributed by atoms with Crippen LogP contribution in [0, 0.1) is 0 Å². The number of benzene rings is 1. The zero-order valence-corrected chi connectivity index (χ0v) is 11.9. The molecule has 0 spiro atoms. The molecule has 0 aliphatic heterocycles. The van der Waals surface area contributed by atoms with Crippen molar-refractivity contribution in [1.29, 1.82) is 0 Å². The lowest BCUT2D eigenvalue weighted by atomic mass is 10.0. The molecular weight excluding hydrogens is 232 g/mol. The van der Waals surface area contributed by atoms with Gasteiger partial charge in [0.15, 0.2) is 0 Å². The van der Waals surface area contributed by atoms with Crippen LogP contribution in [0.1, 0.15) is 32.4 Å². The van der Waals surface area contributed by atoms with Crippen molar-refractivity contribution >= 4 is 19.2 Å². The van der Waals surface area contributed by atoms with E-state index in [1.807, 2.05) is 58.2 Å². The van der Waals surface area contributed by atoms with Gasteiger partial charge in [0.1, 0.15) is 6.10 Å². The molecule has 1 aromatic rings. The number of rotatable bonds is 4. The third kappa shape index (κ3) is 4.79. The molecule has 1 rings (SSSR count). The van der Waals surface area contributed by atoms with Crippen LogP contribution >= 0.6 is 13.5 Å². The highest BCUT2D eigenvalue weighted by atomic mass is 32.1. The Kier molecular flexibility index (Phi) is 6.92. The number of aliphatic hydroxyl groups excluding tert-OH is 1. The minimum absolute atomic E-state index is 0. The number of hydrogen-bond acceptors (Lipinski definition) is 3. The number of hydrogen-bond donors (Lipinski definition) is 1. The fourth-order valence-electron chi connectivity index (χ4n) is 1.54. The molecule has 3 nitrogen and oxygen atoms in total. The fraction of sp³-hybridized carbons (Fsp3) is 0.462. The lowest BCUT2D eigenvalue weighted by Gasteiger charge is -2.27. The number of likely N-dealkylation sites (N-methyl/N-ethyl adjacent to an activating group) is 1.